The van der Waals surface area contributed by atoms with Crippen LogP contribution in [0.15, 0.2) is 12.1 Å². The summed E-state index contributed by atoms with van der Waals surface area (Å²) in [5.41, 5.74) is 3.75. The number of ether oxygens (including phenoxy) is 1. The average molecular weight is 278 g/mol. The Kier molecular flexibility index (Phi) is 7.13. The Labute approximate surface area is 122 Å². The summed E-state index contributed by atoms with van der Waals surface area (Å²) in [5.74, 6) is 0.517. The smallest absolute Gasteiger partial charge is 0.449 e. The van der Waals surface area contributed by atoms with Gasteiger partial charge in [-0.15, -0.1) is 0 Å². The number of benzene rings is 1. The molecule has 0 aromatic heterocycles. The highest BCUT2D eigenvalue weighted by Crippen LogP contribution is 2.29. The van der Waals surface area contributed by atoms with Crippen molar-refractivity contribution in [3.63, 3.8) is 0 Å². The molecule has 0 aliphatic heterocycles. The molecule has 0 spiro atoms. The van der Waals surface area contributed by atoms with Crippen molar-refractivity contribution in [1.29, 1.82) is 0 Å². The van der Waals surface area contributed by atoms with Gasteiger partial charge in [0, 0.05) is 0 Å². The molecule has 0 saturated carbocycles. The van der Waals surface area contributed by atoms with E-state index in [1.54, 1.807) is 0 Å². The summed E-state index contributed by atoms with van der Waals surface area (Å²) in [5, 5.41) is 8.87. The summed E-state index contributed by atoms with van der Waals surface area (Å²) >= 11 is 0. The molecule has 0 aliphatic rings. The summed E-state index contributed by atoms with van der Waals surface area (Å²) in [4.78, 5) is 10.8. The molecule has 0 heterocycles. The lowest BCUT2D eigenvalue weighted by molar-refractivity contribution is 0.144. The number of carboxylic acid groups (broad SMARTS) is 1. The number of aryl methyl sites for hydroxylation is 1. The van der Waals surface area contributed by atoms with Crippen molar-refractivity contribution in [2.24, 2.45) is 0 Å². The van der Waals surface area contributed by atoms with E-state index in [4.69, 9.17) is 9.84 Å². The van der Waals surface area contributed by atoms with Crippen molar-refractivity contribution in [2.75, 3.05) is 0 Å². The van der Waals surface area contributed by atoms with Crippen LogP contribution in [0, 0.1) is 0 Å². The third-order valence-electron chi connectivity index (χ3n) is 3.48. The predicted octanol–water partition coefficient (Wildman–Crippen LogP) is 4.99. The summed E-state index contributed by atoms with van der Waals surface area (Å²) in [6.45, 7) is 6.46. The van der Waals surface area contributed by atoms with Crippen molar-refractivity contribution in [1.82, 2.24) is 0 Å². The molecule has 0 aliphatic carbocycles. The maximum atomic E-state index is 10.8. The van der Waals surface area contributed by atoms with E-state index in [0.29, 0.717) is 5.75 Å². The van der Waals surface area contributed by atoms with E-state index in [-0.39, 0.29) is 0 Å². The lowest BCUT2D eigenvalue weighted by Crippen LogP contribution is -2.09. The van der Waals surface area contributed by atoms with E-state index in [2.05, 4.69) is 20.8 Å². The molecule has 1 aromatic rings. The Bertz CT molecular complexity index is 438. The summed E-state index contributed by atoms with van der Waals surface area (Å²) in [6, 6.07) is 3.86. The molecule has 0 saturated heterocycles. The second-order valence-corrected chi connectivity index (χ2v) is 5.15. The average Bonchev–Trinajstić information content (AvgIpc) is 2.41. The molecule has 0 unspecified atom stereocenters. The molecule has 0 bridgehead atoms. The van der Waals surface area contributed by atoms with Crippen LogP contribution in [0.4, 0.5) is 4.79 Å². The molecule has 3 heteroatoms. The fourth-order valence-corrected chi connectivity index (χ4v) is 2.60. The summed E-state index contributed by atoms with van der Waals surface area (Å²) in [7, 11) is 0. The van der Waals surface area contributed by atoms with Crippen molar-refractivity contribution in [2.45, 2.75) is 65.7 Å². The number of hydrogen-bond acceptors (Lipinski definition) is 2. The van der Waals surface area contributed by atoms with Crippen molar-refractivity contribution in [3.8, 4) is 5.75 Å². The number of rotatable bonds is 8. The Morgan fingerprint density at radius 3 is 2.20 bits per heavy atom. The van der Waals surface area contributed by atoms with Crippen molar-refractivity contribution >= 4 is 6.16 Å². The van der Waals surface area contributed by atoms with Gasteiger partial charge in [0.05, 0.1) is 0 Å². The zero-order chi connectivity index (χ0) is 15.0. The highest BCUT2D eigenvalue weighted by molar-refractivity contribution is 5.63. The number of unbranched alkanes of at least 4 members (excludes halogenated alkanes) is 1. The Morgan fingerprint density at radius 1 is 1.00 bits per heavy atom. The van der Waals surface area contributed by atoms with Crippen LogP contribution < -0.4 is 4.74 Å². The first-order valence-corrected chi connectivity index (χ1v) is 7.68. The Morgan fingerprint density at radius 2 is 1.65 bits per heavy atom. The molecule has 112 valence electrons. The van der Waals surface area contributed by atoms with E-state index >= 15 is 0 Å². The van der Waals surface area contributed by atoms with Gasteiger partial charge in [-0.3, -0.25) is 0 Å². The van der Waals surface area contributed by atoms with Gasteiger partial charge in [0.1, 0.15) is 5.75 Å². The van der Waals surface area contributed by atoms with Crippen molar-refractivity contribution in [3.05, 3.63) is 28.8 Å². The quantitative estimate of drug-likeness (QED) is 0.538. The maximum Gasteiger partial charge on any atom is 0.511 e. The molecule has 0 fully saturated rings. The minimum absolute atomic E-state index is 0.517. The second kappa shape index (κ2) is 8.62. The highest BCUT2D eigenvalue weighted by atomic mass is 16.7. The van der Waals surface area contributed by atoms with Crippen LogP contribution >= 0.6 is 0 Å². The molecule has 1 N–H and O–H groups in total. The van der Waals surface area contributed by atoms with Crippen LogP contribution in [0.2, 0.25) is 0 Å². The second-order valence-electron chi connectivity index (χ2n) is 5.15. The van der Waals surface area contributed by atoms with Crippen molar-refractivity contribution < 1.29 is 14.6 Å². The third kappa shape index (κ3) is 4.55. The largest absolute Gasteiger partial charge is 0.511 e. The van der Waals surface area contributed by atoms with Crippen LogP contribution in [0.25, 0.3) is 0 Å². The standard InChI is InChI=1S/C17H26O3/c1-4-7-10-13-11-12-16(20-17(18)19)15(9-6-3)14(13)8-5-2/h11-12H,4-10H2,1-3H3,(H,18,19). The van der Waals surface area contributed by atoms with Crippen LogP contribution in [0.1, 0.15) is 63.1 Å². The van der Waals surface area contributed by atoms with Crippen LogP contribution in [-0.4, -0.2) is 11.3 Å². The minimum atomic E-state index is -1.23. The molecule has 1 aromatic carbocycles. The van der Waals surface area contributed by atoms with Gasteiger partial charge in [-0.25, -0.2) is 4.79 Å². The van der Waals surface area contributed by atoms with Crippen LogP contribution in [-0.2, 0) is 19.3 Å². The third-order valence-corrected chi connectivity index (χ3v) is 3.48. The predicted molar refractivity (Wildman–Crippen MR) is 81.7 cm³/mol. The van der Waals surface area contributed by atoms with Gasteiger partial charge in [-0.2, -0.15) is 0 Å². The van der Waals surface area contributed by atoms with E-state index in [0.717, 1.165) is 37.7 Å². The lowest BCUT2D eigenvalue weighted by Gasteiger charge is -2.17. The monoisotopic (exact) mass is 278 g/mol. The topological polar surface area (TPSA) is 46.5 Å². The van der Waals surface area contributed by atoms with Gasteiger partial charge < -0.3 is 9.84 Å². The highest BCUT2D eigenvalue weighted by Gasteiger charge is 2.15. The van der Waals surface area contributed by atoms with Crippen LogP contribution in [0.5, 0.6) is 5.75 Å². The summed E-state index contributed by atoms with van der Waals surface area (Å²) in [6.07, 6.45) is 6.09. The number of hydrogen-bond donors (Lipinski definition) is 1. The van der Waals surface area contributed by atoms with Crippen LogP contribution in [0.3, 0.4) is 0 Å². The van der Waals surface area contributed by atoms with Gasteiger partial charge in [-0.05, 0) is 48.4 Å². The molecule has 0 amide bonds. The first-order chi connectivity index (χ1) is 9.63. The van der Waals surface area contributed by atoms with E-state index in [1.807, 2.05) is 12.1 Å². The Hall–Kier alpha value is -1.51. The zero-order valence-electron chi connectivity index (χ0n) is 12.9. The van der Waals surface area contributed by atoms with E-state index in [1.165, 1.54) is 24.0 Å². The molecule has 3 nitrogen and oxygen atoms in total. The normalized spacial score (nSPS) is 10.6. The zero-order valence-corrected chi connectivity index (χ0v) is 12.9. The Balaban J connectivity index is 3.20. The van der Waals surface area contributed by atoms with Gasteiger partial charge in [-0.1, -0.05) is 46.1 Å². The van der Waals surface area contributed by atoms with E-state index < -0.39 is 6.16 Å². The van der Waals surface area contributed by atoms with E-state index in [9.17, 15) is 4.79 Å². The fourth-order valence-electron chi connectivity index (χ4n) is 2.60. The molecular formula is C17H26O3. The van der Waals surface area contributed by atoms with Gasteiger partial charge in [0.25, 0.3) is 0 Å². The van der Waals surface area contributed by atoms with Gasteiger partial charge in [0.2, 0.25) is 0 Å². The molecule has 0 radical (unpaired) electrons. The number of carbonyl (C=O) groups is 1. The molecule has 0 atom stereocenters. The first-order valence-electron chi connectivity index (χ1n) is 7.68. The molecule has 20 heavy (non-hydrogen) atoms. The molecular weight excluding hydrogens is 252 g/mol. The fraction of sp³-hybridized carbons (Fsp3) is 0.588. The lowest BCUT2D eigenvalue weighted by atomic mass is 9.91. The first kappa shape index (κ1) is 16.5. The van der Waals surface area contributed by atoms with Gasteiger partial charge >= 0.3 is 6.16 Å². The maximum absolute atomic E-state index is 10.8. The minimum Gasteiger partial charge on any atom is -0.449 e. The van der Waals surface area contributed by atoms with Gasteiger partial charge in [0.15, 0.2) is 0 Å². The summed E-state index contributed by atoms with van der Waals surface area (Å²) < 4.78 is 4.96. The SMILES string of the molecule is CCCCc1ccc(OC(=O)O)c(CCC)c1CCC. The molecule has 1 rings (SSSR count).